The first-order valence-corrected chi connectivity index (χ1v) is 6.37. The zero-order chi connectivity index (χ0) is 15.4. The van der Waals surface area contributed by atoms with Crippen molar-refractivity contribution in [1.82, 2.24) is 0 Å². The monoisotopic (exact) mass is 291 g/mol. The lowest BCUT2D eigenvalue weighted by atomic mass is 10.1. The van der Waals surface area contributed by atoms with E-state index in [-0.39, 0.29) is 11.3 Å². The van der Waals surface area contributed by atoms with Gasteiger partial charge < -0.3 is 9.84 Å². The fraction of sp³-hybridized carbons (Fsp3) is 0.188. The number of aliphatic imine (C=N–C) groups is 1. The molecule has 0 aliphatic carbocycles. The first kappa shape index (κ1) is 15.0. The largest absolute Gasteiger partial charge is 0.504 e. The fourth-order valence-corrected chi connectivity index (χ4v) is 1.92. The van der Waals surface area contributed by atoms with E-state index in [9.17, 15) is 13.9 Å². The molecule has 0 bridgehead atoms. The molecule has 110 valence electrons. The van der Waals surface area contributed by atoms with Gasteiger partial charge in [0.15, 0.2) is 11.5 Å². The molecule has 0 unspecified atom stereocenters. The molecule has 0 aliphatic heterocycles. The number of benzene rings is 2. The van der Waals surface area contributed by atoms with Crippen molar-refractivity contribution in [2.75, 3.05) is 7.11 Å². The molecule has 0 heterocycles. The molecule has 0 spiro atoms. The van der Waals surface area contributed by atoms with Crippen LogP contribution < -0.4 is 4.74 Å². The van der Waals surface area contributed by atoms with Crippen molar-refractivity contribution in [1.29, 1.82) is 0 Å². The number of nitrogens with zero attached hydrogens (tertiary/aromatic N) is 1. The predicted molar refractivity (Wildman–Crippen MR) is 77.0 cm³/mol. The van der Waals surface area contributed by atoms with Crippen LogP contribution in [0.1, 0.15) is 24.1 Å². The summed E-state index contributed by atoms with van der Waals surface area (Å²) in [5, 5.41) is 9.92. The van der Waals surface area contributed by atoms with Gasteiger partial charge in [0, 0.05) is 23.4 Å². The number of ether oxygens (including phenoxy) is 1. The summed E-state index contributed by atoms with van der Waals surface area (Å²) in [5.41, 5.74) is 0.749. The lowest BCUT2D eigenvalue weighted by Crippen LogP contribution is -1.97. The fourth-order valence-electron chi connectivity index (χ4n) is 1.92. The summed E-state index contributed by atoms with van der Waals surface area (Å²) in [5.74, 6) is -0.970. The number of rotatable bonds is 4. The number of halogens is 2. The zero-order valence-electron chi connectivity index (χ0n) is 11.7. The summed E-state index contributed by atoms with van der Waals surface area (Å²) in [6.07, 6.45) is 1.44. The van der Waals surface area contributed by atoms with Crippen molar-refractivity contribution in [2.24, 2.45) is 4.99 Å². The van der Waals surface area contributed by atoms with E-state index in [1.807, 2.05) is 0 Å². The Morgan fingerprint density at radius 3 is 2.67 bits per heavy atom. The minimum Gasteiger partial charge on any atom is -0.504 e. The lowest BCUT2D eigenvalue weighted by Gasteiger charge is -2.09. The van der Waals surface area contributed by atoms with Crippen molar-refractivity contribution < 1.29 is 18.6 Å². The average molecular weight is 291 g/mol. The van der Waals surface area contributed by atoms with Crippen molar-refractivity contribution >= 4 is 6.21 Å². The molecule has 0 fully saturated rings. The minimum atomic E-state index is -0.644. The molecule has 1 N–H and O–H groups in total. The Morgan fingerprint density at radius 1 is 1.24 bits per heavy atom. The third-order valence-corrected chi connectivity index (χ3v) is 3.10. The van der Waals surface area contributed by atoms with Crippen LogP contribution in [0.4, 0.5) is 8.78 Å². The van der Waals surface area contributed by atoms with Crippen molar-refractivity contribution in [3.05, 3.63) is 59.2 Å². The Hall–Kier alpha value is -2.43. The van der Waals surface area contributed by atoms with Gasteiger partial charge in [-0.25, -0.2) is 8.78 Å². The van der Waals surface area contributed by atoms with E-state index in [1.165, 1.54) is 25.5 Å². The van der Waals surface area contributed by atoms with Gasteiger partial charge in [-0.3, -0.25) is 4.99 Å². The van der Waals surface area contributed by atoms with E-state index in [0.717, 1.165) is 6.07 Å². The molecule has 0 aromatic heterocycles. The molecule has 5 heteroatoms. The second kappa shape index (κ2) is 6.35. The van der Waals surface area contributed by atoms with Gasteiger partial charge in [-0.05, 0) is 25.1 Å². The van der Waals surface area contributed by atoms with Gasteiger partial charge >= 0.3 is 0 Å². The van der Waals surface area contributed by atoms with Gasteiger partial charge in [0.25, 0.3) is 0 Å². The van der Waals surface area contributed by atoms with E-state index >= 15 is 0 Å². The Kier molecular flexibility index (Phi) is 4.52. The van der Waals surface area contributed by atoms with E-state index in [1.54, 1.807) is 25.1 Å². The third kappa shape index (κ3) is 3.37. The van der Waals surface area contributed by atoms with E-state index in [4.69, 9.17) is 4.74 Å². The summed E-state index contributed by atoms with van der Waals surface area (Å²) in [4.78, 5) is 4.19. The van der Waals surface area contributed by atoms with Crippen LogP contribution in [0.2, 0.25) is 0 Å². The van der Waals surface area contributed by atoms with Crippen LogP contribution in [-0.4, -0.2) is 18.4 Å². The zero-order valence-corrected chi connectivity index (χ0v) is 11.7. The molecule has 3 nitrogen and oxygen atoms in total. The van der Waals surface area contributed by atoms with E-state index in [2.05, 4.69) is 4.99 Å². The molecule has 0 amide bonds. The molecule has 2 aromatic carbocycles. The average Bonchev–Trinajstić information content (AvgIpc) is 2.46. The van der Waals surface area contributed by atoms with Crippen LogP contribution >= 0.6 is 0 Å². The van der Waals surface area contributed by atoms with E-state index < -0.39 is 17.7 Å². The highest BCUT2D eigenvalue weighted by Gasteiger charge is 2.11. The molecule has 2 aromatic rings. The maximum Gasteiger partial charge on any atom is 0.166 e. The molecular formula is C16H15F2NO2. The molecule has 0 saturated carbocycles. The van der Waals surface area contributed by atoms with Crippen LogP contribution in [-0.2, 0) is 0 Å². The van der Waals surface area contributed by atoms with Gasteiger partial charge in [0.05, 0.1) is 13.2 Å². The Labute approximate surface area is 121 Å². The first-order chi connectivity index (χ1) is 10.0. The van der Waals surface area contributed by atoms with Crippen molar-refractivity contribution in [2.45, 2.75) is 13.0 Å². The van der Waals surface area contributed by atoms with E-state index in [0.29, 0.717) is 11.3 Å². The van der Waals surface area contributed by atoms with Gasteiger partial charge in [-0.2, -0.15) is 0 Å². The van der Waals surface area contributed by atoms with Crippen LogP contribution in [0, 0.1) is 11.6 Å². The maximum atomic E-state index is 13.6. The van der Waals surface area contributed by atoms with Gasteiger partial charge in [0.2, 0.25) is 0 Å². The molecule has 21 heavy (non-hydrogen) atoms. The van der Waals surface area contributed by atoms with Gasteiger partial charge in [-0.15, -0.1) is 0 Å². The van der Waals surface area contributed by atoms with Gasteiger partial charge in [0.1, 0.15) is 11.6 Å². The SMILES string of the molecule is COc1cccc(C=N[C@H](C)c2ccc(F)cc2F)c1O. The van der Waals surface area contributed by atoms with Crippen molar-refractivity contribution in [3.63, 3.8) is 0 Å². The second-order valence-electron chi connectivity index (χ2n) is 4.52. The minimum absolute atomic E-state index is 0.0319. The highest BCUT2D eigenvalue weighted by atomic mass is 19.1. The quantitative estimate of drug-likeness (QED) is 0.869. The predicted octanol–water partition coefficient (Wildman–Crippen LogP) is 3.86. The molecular weight excluding hydrogens is 276 g/mol. The smallest absolute Gasteiger partial charge is 0.166 e. The molecule has 0 aliphatic rings. The summed E-state index contributed by atoms with van der Waals surface area (Å²) in [7, 11) is 1.45. The summed E-state index contributed by atoms with van der Waals surface area (Å²) in [6, 6.07) is 7.86. The van der Waals surface area contributed by atoms with Crippen LogP contribution in [0.5, 0.6) is 11.5 Å². The first-order valence-electron chi connectivity index (χ1n) is 6.37. The molecule has 1 atom stereocenters. The van der Waals surface area contributed by atoms with Crippen LogP contribution in [0.3, 0.4) is 0 Å². The summed E-state index contributed by atoms with van der Waals surface area (Å²) >= 11 is 0. The van der Waals surface area contributed by atoms with Gasteiger partial charge in [-0.1, -0.05) is 12.1 Å². The number of hydrogen-bond acceptors (Lipinski definition) is 3. The highest BCUT2D eigenvalue weighted by Crippen LogP contribution is 2.29. The summed E-state index contributed by atoms with van der Waals surface area (Å²) in [6.45, 7) is 1.68. The maximum absolute atomic E-state index is 13.6. The normalized spacial score (nSPS) is 12.6. The number of methoxy groups -OCH3 is 1. The molecule has 2 rings (SSSR count). The Bertz CT molecular complexity index is 671. The van der Waals surface area contributed by atoms with Crippen LogP contribution in [0.25, 0.3) is 0 Å². The second-order valence-corrected chi connectivity index (χ2v) is 4.52. The lowest BCUT2D eigenvalue weighted by molar-refractivity contribution is 0.373. The number of phenolic OH excluding ortho intramolecular Hbond substituents is 1. The highest BCUT2D eigenvalue weighted by molar-refractivity contribution is 5.84. The van der Waals surface area contributed by atoms with Crippen molar-refractivity contribution in [3.8, 4) is 11.5 Å². The molecule has 0 radical (unpaired) electrons. The number of phenols is 1. The number of aromatic hydroxyl groups is 1. The number of para-hydroxylation sites is 1. The standard InChI is InChI=1S/C16H15F2NO2/c1-10(13-7-6-12(17)8-14(13)18)19-9-11-4-3-5-15(21-2)16(11)20/h3-10,20H,1-2H3/t10-/m1/s1. The third-order valence-electron chi connectivity index (χ3n) is 3.10. The van der Waals surface area contributed by atoms with Crippen LogP contribution in [0.15, 0.2) is 41.4 Å². The topological polar surface area (TPSA) is 41.8 Å². The molecule has 0 saturated heterocycles. The Balaban J connectivity index is 2.24. The number of hydrogen-bond donors (Lipinski definition) is 1. The Morgan fingerprint density at radius 2 is 2.00 bits per heavy atom. The summed E-state index contributed by atoms with van der Waals surface area (Å²) < 4.78 is 31.5.